The molecule has 1 aromatic carbocycles. The predicted octanol–water partition coefficient (Wildman–Crippen LogP) is 2.96. The molecular formula is C17H21NO3. The van der Waals surface area contributed by atoms with Crippen LogP contribution in [0, 0.1) is 5.41 Å². The van der Waals surface area contributed by atoms with Crippen molar-refractivity contribution in [3.8, 4) is 5.75 Å². The van der Waals surface area contributed by atoms with Crippen LogP contribution in [0.5, 0.6) is 5.75 Å². The van der Waals surface area contributed by atoms with Crippen molar-refractivity contribution in [3.63, 3.8) is 0 Å². The third-order valence-corrected chi connectivity index (χ3v) is 4.85. The Morgan fingerprint density at radius 3 is 2.81 bits per heavy atom. The van der Waals surface area contributed by atoms with Crippen LogP contribution in [-0.2, 0) is 0 Å². The first-order chi connectivity index (χ1) is 10.2. The van der Waals surface area contributed by atoms with Crippen molar-refractivity contribution in [2.45, 2.75) is 39.0 Å². The summed E-state index contributed by atoms with van der Waals surface area (Å²) in [5.74, 6) is 0.593. The topological polar surface area (TPSA) is 55.4 Å². The molecule has 21 heavy (non-hydrogen) atoms. The average Bonchev–Trinajstić information content (AvgIpc) is 2.93. The monoisotopic (exact) mass is 287 g/mol. The maximum atomic E-state index is 12.9. The molecule has 1 saturated carbocycles. The Bertz CT molecular complexity index is 573. The highest BCUT2D eigenvalue weighted by molar-refractivity contribution is 6.04. The molecule has 0 unspecified atom stereocenters. The summed E-state index contributed by atoms with van der Waals surface area (Å²) in [7, 11) is 0. The molecule has 0 bridgehead atoms. The number of carbonyl (C=O) groups excluding carboxylic acids is 2. The lowest BCUT2D eigenvalue weighted by molar-refractivity contribution is 0.0791. The zero-order valence-electron chi connectivity index (χ0n) is 12.4. The highest BCUT2D eigenvalue weighted by Gasteiger charge is 2.39. The first-order valence-corrected chi connectivity index (χ1v) is 7.76. The molecule has 4 nitrogen and oxygen atoms in total. The maximum Gasteiger partial charge on any atom is 0.255 e. The summed E-state index contributed by atoms with van der Waals surface area (Å²) in [5.41, 5.74) is 0.886. The van der Waals surface area contributed by atoms with Gasteiger partial charge in [-0.25, -0.2) is 0 Å². The number of fused-ring (bicyclic) bond motifs is 1. The quantitative estimate of drug-likeness (QED) is 0.870. The average molecular weight is 287 g/mol. The van der Waals surface area contributed by atoms with Gasteiger partial charge in [0.1, 0.15) is 12.4 Å². The Labute approximate surface area is 124 Å². The third-order valence-electron chi connectivity index (χ3n) is 4.85. The van der Waals surface area contributed by atoms with E-state index < -0.39 is 0 Å². The minimum absolute atomic E-state index is 0.158. The van der Waals surface area contributed by atoms with E-state index >= 15 is 0 Å². The Balaban J connectivity index is 1.96. The van der Waals surface area contributed by atoms with Crippen LogP contribution in [0.3, 0.4) is 0 Å². The van der Waals surface area contributed by atoms with Gasteiger partial charge in [0.15, 0.2) is 5.78 Å². The number of ether oxygens (including phenoxy) is 1. The van der Waals surface area contributed by atoms with Crippen LogP contribution < -0.4 is 10.1 Å². The number of rotatable bonds is 3. The van der Waals surface area contributed by atoms with Gasteiger partial charge in [0.2, 0.25) is 0 Å². The van der Waals surface area contributed by atoms with Crippen molar-refractivity contribution in [2.75, 3.05) is 13.2 Å². The number of amides is 1. The lowest BCUT2D eigenvalue weighted by Crippen LogP contribution is -2.28. The van der Waals surface area contributed by atoms with Crippen LogP contribution >= 0.6 is 0 Å². The Morgan fingerprint density at radius 2 is 2.10 bits per heavy atom. The van der Waals surface area contributed by atoms with Gasteiger partial charge in [-0.1, -0.05) is 19.8 Å². The van der Waals surface area contributed by atoms with Gasteiger partial charge < -0.3 is 10.1 Å². The number of hydrogen-bond acceptors (Lipinski definition) is 3. The van der Waals surface area contributed by atoms with Gasteiger partial charge in [0.05, 0.1) is 12.1 Å². The summed E-state index contributed by atoms with van der Waals surface area (Å²) in [4.78, 5) is 25.0. The highest BCUT2D eigenvalue weighted by Crippen LogP contribution is 2.43. The van der Waals surface area contributed by atoms with E-state index in [2.05, 4.69) is 12.2 Å². The lowest BCUT2D eigenvalue weighted by atomic mass is 9.76. The van der Waals surface area contributed by atoms with Gasteiger partial charge in [0.25, 0.3) is 5.91 Å². The van der Waals surface area contributed by atoms with Crippen molar-refractivity contribution in [1.82, 2.24) is 5.32 Å². The molecule has 0 atom stereocenters. The molecule has 112 valence electrons. The molecule has 1 fully saturated rings. The fourth-order valence-corrected chi connectivity index (χ4v) is 3.49. The van der Waals surface area contributed by atoms with Crippen LogP contribution in [0.1, 0.15) is 59.7 Å². The van der Waals surface area contributed by atoms with Crippen molar-refractivity contribution in [3.05, 3.63) is 29.3 Å². The summed E-state index contributed by atoms with van der Waals surface area (Å²) in [5, 5.41) is 2.78. The Morgan fingerprint density at radius 1 is 1.33 bits per heavy atom. The van der Waals surface area contributed by atoms with Crippen LogP contribution in [0.15, 0.2) is 18.2 Å². The van der Waals surface area contributed by atoms with Gasteiger partial charge >= 0.3 is 0 Å². The molecule has 0 saturated heterocycles. The molecule has 3 rings (SSSR count). The molecule has 1 N–H and O–H groups in total. The summed E-state index contributed by atoms with van der Waals surface area (Å²) < 4.78 is 5.54. The van der Waals surface area contributed by atoms with Gasteiger partial charge in [-0.3, -0.25) is 9.59 Å². The van der Waals surface area contributed by atoms with Gasteiger partial charge in [-0.05, 0) is 37.5 Å². The molecule has 4 heteroatoms. The molecule has 1 aliphatic carbocycles. The summed E-state index contributed by atoms with van der Waals surface area (Å²) in [6.07, 6.45) is 5.03. The van der Waals surface area contributed by atoms with E-state index in [-0.39, 0.29) is 17.1 Å². The minimum atomic E-state index is -0.226. The normalized spacial score (nSPS) is 20.1. The first kappa shape index (κ1) is 14.1. The molecule has 2 aliphatic rings. The van der Waals surface area contributed by atoms with E-state index in [4.69, 9.17) is 4.74 Å². The number of benzene rings is 1. The molecule has 1 heterocycles. The van der Waals surface area contributed by atoms with Crippen molar-refractivity contribution in [1.29, 1.82) is 0 Å². The summed E-state index contributed by atoms with van der Waals surface area (Å²) in [6, 6.07) is 5.26. The number of nitrogens with one attached hydrogen (secondary N) is 1. The zero-order valence-corrected chi connectivity index (χ0v) is 12.4. The van der Waals surface area contributed by atoms with Crippen LogP contribution in [0.25, 0.3) is 0 Å². The molecule has 1 aliphatic heterocycles. The van der Waals surface area contributed by atoms with E-state index in [9.17, 15) is 9.59 Å². The Hall–Kier alpha value is -1.84. The molecule has 0 aromatic heterocycles. The smallest absolute Gasteiger partial charge is 0.255 e. The van der Waals surface area contributed by atoms with Gasteiger partial charge in [-0.15, -0.1) is 0 Å². The molecule has 0 radical (unpaired) electrons. The molecule has 0 spiro atoms. The molecule has 1 amide bonds. The van der Waals surface area contributed by atoms with E-state index in [1.54, 1.807) is 18.2 Å². The van der Waals surface area contributed by atoms with E-state index in [0.717, 1.165) is 32.1 Å². The Kier molecular flexibility index (Phi) is 3.70. The second kappa shape index (κ2) is 5.51. The van der Waals surface area contributed by atoms with Crippen LogP contribution in [0.4, 0.5) is 0 Å². The first-order valence-electron chi connectivity index (χ1n) is 7.76. The second-order valence-corrected chi connectivity index (χ2v) is 5.99. The largest absolute Gasteiger partial charge is 0.491 e. The van der Waals surface area contributed by atoms with Crippen molar-refractivity contribution in [2.24, 2.45) is 5.41 Å². The third kappa shape index (κ3) is 2.43. The van der Waals surface area contributed by atoms with E-state index in [1.165, 1.54) is 0 Å². The van der Waals surface area contributed by atoms with Gasteiger partial charge in [0, 0.05) is 11.0 Å². The number of Topliss-reactive ketones (excluding diaryl/α,β-unsaturated/α-hetero) is 1. The predicted molar refractivity (Wildman–Crippen MR) is 79.8 cm³/mol. The molecule has 1 aromatic rings. The summed E-state index contributed by atoms with van der Waals surface area (Å²) in [6.45, 7) is 3.04. The maximum absolute atomic E-state index is 12.9. The number of hydrogen-bond donors (Lipinski definition) is 1. The van der Waals surface area contributed by atoms with Crippen molar-refractivity contribution >= 4 is 11.7 Å². The van der Waals surface area contributed by atoms with Crippen molar-refractivity contribution < 1.29 is 14.3 Å². The number of ketones is 1. The number of carbonyl (C=O) groups is 2. The highest BCUT2D eigenvalue weighted by atomic mass is 16.5. The fourth-order valence-electron chi connectivity index (χ4n) is 3.49. The minimum Gasteiger partial charge on any atom is -0.491 e. The van der Waals surface area contributed by atoms with Crippen LogP contribution in [0.2, 0.25) is 0 Å². The summed E-state index contributed by atoms with van der Waals surface area (Å²) >= 11 is 0. The molecular weight excluding hydrogens is 266 g/mol. The van der Waals surface area contributed by atoms with Crippen LogP contribution in [-0.4, -0.2) is 24.8 Å². The standard InChI is InChI=1S/C17H21NO3/c1-2-17(7-3-4-8-17)15(19)12-5-6-14-13(11-12)16(20)18-9-10-21-14/h5-6,11H,2-4,7-10H2,1H3,(H,18,20). The zero-order chi connectivity index (χ0) is 14.9. The second-order valence-electron chi connectivity index (χ2n) is 5.99. The SMILES string of the molecule is CCC1(C(=O)c2ccc3c(c2)C(=O)NCCO3)CCCC1. The van der Waals surface area contributed by atoms with E-state index in [0.29, 0.717) is 30.0 Å². The lowest BCUT2D eigenvalue weighted by Gasteiger charge is -2.26. The van der Waals surface area contributed by atoms with E-state index in [1.807, 2.05) is 0 Å². The van der Waals surface area contributed by atoms with Gasteiger partial charge in [-0.2, -0.15) is 0 Å². The fraction of sp³-hybridized carbons (Fsp3) is 0.529.